The molecule has 82 valence electrons. The molecule has 1 unspecified atom stereocenters. The van der Waals surface area contributed by atoms with Gasteiger partial charge in [-0.15, -0.1) is 0 Å². The molecule has 0 saturated heterocycles. The van der Waals surface area contributed by atoms with Crippen molar-refractivity contribution in [2.24, 2.45) is 0 Å². The average molecular weight is 205 g/mol. The summed E-state index contributed by atoms with van der Waals surface area (Å²) < 4.78 is 0. The molecule has 1 atom stereocenters. The van der Waals surface area contributed by atoms with Gasteiger partial charge in [-0.25, -0.2) is 0 Å². The van der Waals surface area contributed by atoms with Gasteiger partial charge < -0.3 is 10.4 Å². The topological polar surface area (TPSA) is 32.3 Å². The highest BCUT2D eigenvalue weighted by molar-refractivity contribution is 5.28. The van der Waals surface area contributed by atoms with E-state index in [1.165, 1.54) is 24.0 Å². The maximum atomic E-state index is 9.52. The Balaban J connectivity index is 2.19. The normalized spacial score (nSPS) is 19.9. The highest BCUT2D eigenvalue weighted by Gasteiger charge is 2.33. The summed E-state index contributed by atoms with van der Waals surface area (Å²) in [6.45, 7) is 4.29. The summed E-state index contributed by atoms with van der Waals surface area (Å²) in [5.74, 6) is 0. The first-order valence-corrected chi connectivity index (χ1v) is 5.60. The molecule has 0 aliphatic heterocycles. The fourth-order valence-electron chi connectivity index (χ4n) is 1.82. The van der Waals surface area contributed by atoms with Crippen molar-refractivity contribution >= 4 is 0 Å². The van der Waals surface area contributed by atoms with E-state index in [9.17, 15) is 5.11 Å². The van der Waals surface area contributed by atoms with Crippen LogP contribution in [0.1, 0.15) is 30.9 Å². The summed E-state index contributed by atoms with van der Waals surface area (Å²) in [5.41, 5.74) is 2.14. The molecule has 15 heavy (non-hydrogen) atoms. The number of benzene rings is 1. The van der Waals surface area contributed by atoms with Crippen molar-refractivity contribution < 1.29 is 5.11 Å². The zero-order valence-corrected chi connectivity index (χ0v) is 9.46. The quantitative estimate of drug-likeness (QED) is 0.787. The van der Waals surface area contributed by atoms with Crippen LogP contribution in [0.5, 0.6) is 0 Å². The van der Waals surface area contributed by atoms with Gasteiger partial charge in [0.05, 0.1) is 12.1 Å². The highest BCUT2D eigenvalue weighted by atomic mass is 16.3. The first kappa shape index (κ1) is 10.7. The van der Waals surface area contributed by atoms with Gasteiger partial charge in [-0.1, -0.05) is 29.8 Å². The third-order valence-corrected chi connectivity index (χ3v) is 3.10. The SMILES string of the molecule is Cc1ccc(C(C)(CO)NC2CC2)cc1. The maximum Gasteiger partial charge on any atom is 0.0652 e. The summed E-state index contributed by atoms with van der Waals surface area (Å²) in [7, 11) is 0. The Morgan fingerprint density at radius 2 is 1.93 bits per heavy atom. The standard InChI is InChI=1S/C13H19NO/c1-10-3-5-11(6-4-10)13(2,9-15)14-12-7-8-12/h3-6,12,14-15H,7-9H2,1-2H3. The largest absolute Gasteiger partial charge is 0.394 e. The van der Waals surface area contributed by atoms with E-state index in [4.69, 9.17) is 0 Å². The second-order valence-corrected chi connectivity index (χ2v) is 4.77. The van der Waals surface area contributed by atoms with Crippen molar-refractivity contribution in [1.29, 1.82) is 0 Å². The molecule has 0 bridgehead atoms. The van der Waals surface area contributed by atoms with E-state index in [0.29, 0.717) is 6.04 Å². The smallest absolute Gasteiger partial charge is 0.0652 e. The van der Waals surface area contributed by atoms with E-state index in [1.54, 1.807) is 0 Å². The molecule has 1 aromatic rings. The number of hydrogen-bond donors (Lipinski definition) is 2. The summed E-state index contributed by atoms with van der Waals surface area (Å²) in [5, 5.41) is 13.0. The molecule has 0 radical (unpaired) electrons. The van der Waals surface area contributed by atoms with Crippen LogP contribution < -0.4 is 5.32 Å². The van der Waals surface area contributed by atoms with Crippen molar-refractivity contribution in [2.45, 2.75) is 38.3 Å². The molecule has 1 aliphatic rings. The number of aliphatic hydroxyl groups excluding tert-OH is 1. The Bertz CT molecular complexity index is 329. The van der Waals surface area contributed by atoms with Crippen molar-refractivity contribution in [3.8, 4) is 0 Å². The monoisotopic (exact) mass is 205 g/mol. The Labute approximate surface area is 91.3 Å². The van der Waals surface area contributed by atoms with Crippen molar-refractivity contribution in [3.63, 3.8) is 0 Å². The predicted octanol–water partition coefficient (Wildman–Crippen LogP) is 1.95. The van der Waals surface area contributed by atoms with Gasteiger partial charge in [-0.2, -0.15) is 0 Å². The van der Waals surface area contributed by atoms with Gasteiger partial charge in [-0.3, -0.25) is 0 Å². The molecule has 2 heteroatoms. The number of rotatable bonds is 4. The zero-order valence-electron chi connectivity index (χ0n) is 9.46. The Morgan fingerprint density at radius 3 is 2.40 bits per heavy atom. The van der Waals surface area contributed by atoms with Crippen LogP contribution in [-0.4, -0.2) is 17.8 Å². The van der Waals surface area contributed by atoms with E-state index < -0.39 is 0 Å². The molecular formula is C13H19NO. The second kappa shape index (κ2) is 3.95. The van der Waals surface area contributed by atoms with Crippen molar-refractivity contribution in [1.82, 2.24) is 5.32 Å². The maximum absolute atomic E-state index is 9.52. The van der Waals surface area contributed by atoms with Crippen LogP contribution in [0.4, 0.5) is 0 Å². The molecule has 1 aliphatic carbocycles. The molecule has 2 rings (SSSR count). The predicted molar refractivity (Wildman–Crippen MR) is 61.8 cm³/mol. The minimum Gasteiger partial charge on any atom is -0.394 e. The van der Waals surface area contributed by atoms with Crippen molar-refractivity contribution in [2.75, 3.05) is 6.61 Å². The molecule has 1 fully saturated rings. The lowest BCUT2D eigenvalue weighted by Gasteiger charge is -2.29. The Morgan fingerprint density at radius 1 is 1.33 bits per heavy atom. The molecule has 1 saturated carbocycles. The van der Waals surface area contributed by atoms with E-state index >= 15 is 0 Å². The van der Waals surface area contributed by atoms with Gasteiger partial charge in [0.25, 0.3) is 0 Å². The number of hydrogen-bond acceptors (Lipinski definition) is 2. The first-order chi connectivity index (χ1) is 7.14. The van der Waals surface area contributed by atoms with Crippen LogP contribution in [0.25, 0.3) is 0 Å². The molecule has 2 nitrogen and oxygen atoms in total. The Kier molecular flexibility index (Phi) is 2.81. The minimum atomic E-state index is -0.283. The van der Waals surface area contributed by atoms with E-state index in [0.717, 1.165) is 0 Å². The lowest BCUT2D eigenvalue weighted by atomic mass is 9.92. The third kappa shape index (κ3) is 2.39. The summed E-state index contributed by atoms with van der Waals surface area (Å²) >= 11 is 0. The zero-order chi connectivity index (χ0) is 10.9. The number of aliphatic hydroxyl groups is 1. The Hall–Kier alpha value is -0.860. The molecule has 0 heterocycles. The lowest BCUT2D eigenvalue weighted by molar-refractivity contribution is 0.173. The highest BCUT2D eigenvalue weighted by Crippen LogP contribution is 2.28. The molecule has 1 aromatic carbocycles. The van der Waals surface area contributed by atoms with Gasteiger partial charge in [0.1, 0.15) is 0 Å². The summed E-state index contributed by atoms with van der Waals surface area (Å²) in [6.07, 6.45) is 2.48. The van der Waals surface area contributed by atoms with Gasteiger partial charge in [0.15, 0.2) is 0 Å². The molecule has 0 aromatic heterocycles. The average Bonchev–Trinajstić information content (AvgIpc) is 3.02. The minimum absolute atomic E-state index is 0.145. The fraction of sp³-hybridized carbons (Fsp3) is 0.538. The first-order valence-electron chi connectivity index (χ1n) is 5.60. The third-order valence-electron chi connectivity index (χ3n) is 3.10. The summed E-state index contributed by atoms with van der Waals surface area (Å²) in [4.78, 5) is 0. The van der Waals surface area contributed by atoms with E-state index in [1.807, 2.05) is 0 Å². The van der Waals surface area contributed by atoms with Crippen LogP contribution in [0.2, 0.25) is 0 Å². The van der Waals surface area contributed by atoms with Crippen LogP contribution in [0.3, 0.4) is 0 Å². The van der Waals surface area contributed by atoms with E-state index in [2.05, 4.69) is 43.4 Å². The number of nitrogens with one attached hydrogen (secondary N) is 1. The van der Waals surface area contributed by atoms with Crippen LogP contribution in [0, 0.1) is 6.92 Å². The van der Waals surface area contributed by atoms with Gasteiger partial charge in [0.2, 0.25) is 0 Å². The molecule has 0 amide bonds. The van der Waals surface area contributed by atoms with Crippen LogP contribution >= 0.6 is 0 Å². The van der Waals surface area contributed by atoms with Gasteiger partial charge in [-0.05, 0) is 32.3 Å². The van der Waals surface area contributed by atoms with Gasteiger partial charge >= 0.3 is 0 Å². The van der Waals surface area contributed by atoms with Crippen molar-refractivity contribution in [3.05, 3.63) is 35.4 Å². The summed E-state index contributed by atoms with van der Waals surface area (Å²) in [6, 6.07) is 8.99. The fourth-order valence-corrected chi connectivity index (χ4v) is 1.82. The molecule has 2 N–H and O–H groups in total. The molecular weight excluding hydrogens is 186 g/mol. The van der Waals surface area contributed by atoms with Crippen LogP contribution in [-0.2, 0) is 5.54 Å². The second-order valence-electron chi connectivity index (χ2n) is 4.77. The van der Waals surface area contributed by atoms with Gasteiger partial charge in [0, 0.05) is 6.04 Å². The number of aryl methyl sites for hydroxylation is 1. The van der Waals surface area contributed by atoms with Crippen LogP contribution in [0.15, 0.2) is 24.3 Å². The van der Waals surface area contributed by atoms with E-state index in [-0.39, 0.29) is 12.1 Å². The molecule has 0 spiro atoms. The lowest BCUT2D eigenvalue weighted by Crippen LogP contribution is -2.44.